The standard InChI is InChI=1S/C23H22N6O2/c30-23(28-31-10-7-16-5-6-16)19-11-21(18-4-2-9-25-13-18)27-22-20(19)14-26-29(22)15-17-3-1-8-24-12-17/h1-4,8-9,11-14,16H,5-7,10,15H2,(H,28,30). The fourth-order valence-corrected chi connectivity index (χ4v) is 3.48. The molecular formula is C23H22N6O2. The predicted octanol–water partition coefficient (Wildman–Crippen LogP) is 3.40. The number of hydrogen-bond acceptors (Lipinski definition) is 6. The molecule has 1 aliphatic rings. The smallest absolute Gasteiger partial charge is 0.273 e. The molecule has 0 aliphatic heterocycles. The lowest BCUT2D eigenvalue weighted by molar-refractivity contribution is 0.0291. The molecule has 1 aliphatic carbocycles. The summed E-state index contributed by atoms with van der Waals surface area (Å²) in [5.41, 5.74) is 6.13. The minimum absolute atomic E-state index is 0.311. The van der Waals surface area contributed by atoms with Gasteiger partial charge in [-0.1, -0.05) is 18.9 Å². The fraction of sp³-hybridized carbons (Fsp3) is 0.261. The summed E-state index contributed by atoms with van der Waals surface area (Å²) in [4.78, 5) is 31.5. The van der Waals surface area contributed by atoms with E-state index in [0.29, 0.717) is 35.4 Å². The summed E-state index contributed by atoms with van der Waals surface area (Å²) in [5, 5.41) is 5.15. The number of nitrogens with one attached hydrogen (secondary N) is 1. The highest BCUT2D eigenvalue weighted by Crippen LogP contribution is 2.32. The first-order valence-corrected chi connectivity index (χ1v) is 10.4. The lowest BCUT2D eigenvalue weighted by Crippen LogP contribution is -2.24. The van der Waals surface area contributed by atoms with E-state index in [1.807, 2.05) is 24.3 Å². The molecule has 8 heteroatoms. The van der Waals surface area contributed by atoms with Crippen molar-refractivity contribution >= 4 is 16.9 Å². The summed E-state index contributed by atoms with van der Waals surface area (Å²) in [6.45, 7) is 1.01. The van der Waals surface area contributed by atoms with Crippen LogP contribution in [0.15, 0.2) is 61.3 Å². The van der Waals surface area contributed by atoms with Crippen LogP contribution in [0.1, 0.15) is 35.2 Å². The van der Waals surface area contributed by atoms with Gasteiger partial charge in [0.1, 0.15) is 0 Å². The maximum absolute atomic E-state index is 12.9. The molecule has 8 nitrogen and oxygen atoms in total. The monoisotopic (exact) mass is 414 g/mol. The van der Waals surface area contributed by atoms with E-state index < -0.39 is 0 Å². The van der Waals surface area contributed by atoms with Crippen LogP contribution >= 0.6 is 0 Å². The van der Waals surface area contributed by atoms with Crippen molar-refractivity contribution in [3.05, 3.63) is 72.4 Å². The van der Waals surface area contributed by atoms with Crippen LogP contribution in [0.5, 0.6) is 0 Å². The quantitative estimate of drug-likeness (QED) is 0.351. The van der Waals surface area contributed by atoms with Gasteiger partial charge in [0.15, 0.2) is 5.65 Å². The Labute approximate surface area is 179 Å². The molecule has 1 amide bonds. The second-order valence-corrected chi connectivity index (χ2v) is 7.71. The van der Waals surface area contributed by atoms with Crippen LogP contribution in [-0.4, -0.2) is 37.2 Å². The van der Waals surface area contributed by atoms with Crippen molar-refractivity contribution in [3.8, 4) is 11.3 Å². The molecule has 0 unspecified atom stereocenters. The first-order chi connectivity index (χ1) is 15.3. The van der Waals surface area contributed by atoms with Crippen LogP contribution in [0.2, 0.25) is 0 Å². The van der Waals surface area contributed by atoms with Crippen molar-refractivity contribution in [2.45, 2.75) is 25.8 Å². The molecule has 4 heterocycles. The molecule has 4 aromatic heterocycles. The summed E-state index contributed by atoms with van der Waals surface area (Å²) in [5.74, 6) is 0.432. The molecule has 4 aromatic rings. The molecule has 0 spiro atoms. The van der Waals surface area contributed by atoms with Gasteiger partial charge in [-0.25, -0.2) is 15.1 Å². The third-order valence-electron chi connectivity index (χ3n) is 5.36. The summed E-state index contributed by atoms with van der Waals surface area (Å²) < 4.78 is 1.77. The number of carbonyl (C=O) groups is 1. The van der Waals surface area contributed by atoms with Gasteiger partial charge < -0.3 is 0 Å². The first kappa shape index (κ1) is 19.3. The van der Waals surface area contributed by atoms with Crippen molar-refractivity contribution in [2.24, 2.45) is 5.92 Å². The maximum Gasteiger partial charge on any atom is 0.275 e. The molecule has 0 aromatic carbocycles. The predicted molar refractivity (Wildman–Crippen MR) is 115 cm³/mol. The average Bonchev–Trinajstić information content (AvgIpc) is 3.57. The SMILES string of the molecule is O=C(NOCCC1CC1)c1cc(-c2cccnc2)nc2c1cnn2Cc1cccnc1. The van der Waals surface area contributed by atoms with Crippen LogP contribution in [0.4, 0.5) is 0 Å². The second-order valence-electron chi connectivity index (χ2n) is 7.71. The molecule has 5 rings (SSSR count). The number of nitrogens with zero attached hydrogens (tertiary/aromatic N) is 5. The summed E-state index contributed by atoms with van der Waals surface area (Å²) in [6, 6.07) is 9.38. The van der Waals surface area contributed by atoms with E-state index >= 15 is 0 Å². The molecule has 156 valence electrons. The molecule has 1 saturated carbocycles. The Morgan fingerprint density at radius 1 is 1.13 bits per heavy atom. The van der Waals surface area contributed by atoms with E-state index in [9.17, 15) is 4.79 Å². The van der Waals surface area contributed by atoms with Gasteiger partial charge in [0.25, 0.3) is 5.91 Å². The molecule has 1 fully saturated rings. The Hall–Kier alpha value is -3.65. The number of hydroxylamine groups is 1. The van der Waals surface area contributed by atoms with E-state index in [4.69, 9.17) is 9.82 Å². The van der Waals surface area contributed by atoms with Crippen molar-refractivity contribution in [3.63, 3.8) is 0 Å². The number of aromatic nitrogens is 5. The van der Waals surface area contributed by atoms with Crippen LogP contribution < -0.4 is 5.48 Å². The number of pyridine rings is 3. The fourth-order valence-electron chi connectivity index (χ4n) is 3.48. The van der Waals surface area contributed by atoms with Gasteiger partial charge in [-0.2, -0.15) is 5.10 Å². The van der Waals surface area contributed by atoms with Gasteiger partial charge in [0, 0.05) is 30.4 Å². The lowest BCUT2D eigenvalue weighted by Gasteiger charge is -2.10. The topological polar surface area (TPSA) is 94.8 Å². The summed E-state index contributed by atoms with van der Waals surface area (Å²) in [6.07, 6.45) is 12.1. The van der Waals surface area contributed by atoms with Crippen molar-refractivity contribution in [1.82, 2.24) is 30.2 Å². The van der Waals surface area contributed by atoms with Crippen LogP contribution in [0.3, 0.4) is 0 Å². The summed E-state index contributed by atoms with van der Waals surface area (Å²) >= 11 is 0. The summed E-state index contributed by atoms with van der Waals surface area (Å²) in [7, 11) is 0. The number of carbonyl (C=O) groups excluding carboxylic acids is 1. The molecule has 0 bridgehead atoms. The Morgan fingerprint density at radius 2 is 1.97 bits per heavy atom. The number of hydrogen-bond donors (Lipinski definition) is 1. The number of fused-ring (bicyclic) bond motifs is 1. The van der Waals surface area contributed by atoms with Gasteiger partial charge in [-0.15, -0.1) is 0 Å². The second kappa shape index (κ2) is 8.61. The average molecular weight is 414 g/mol. The Morgan fingerprint density at radius 3 is 2.71 bits per heavy atom. The van der Waals surface area contributed by atoms with E-state index in [0.717, 1.165) is 23.5 Å². The van der Waals surface area contributed by atoms with E-state index in [-0.39, 0.29) is 5.91 Å². The zero-order valence-corrected chi connectivity index (χ0v) is 16.9. The van der Waals surface area contributed by atoms with Crippen molar-refractivity contribution in [1.29, 1.82) is 0 Å². The van der Waals surface area contributed by atoms with Gasteiger partial charge in [0.05, 0.1) is 36.0 Å². The van der Waals surface area contributed by atoms with Crippen LogP contribution in [0, 0.1) is 5.92 Å². The first-order valence-electron chi connectivity index (χ1n) is 10.4. The van der Waals surface area contributed by atoms with Crippen LogP contribution in [-0.2, 0) is 11.4 Å². The van der Waals surface area contributed by atoms with E-state index in [1.54, 1.807) is 41.7 Å². The van der Waals surface area contributed by atoms with Gasteiger partial charge in [0.2, 0.25) is 0 Å². The Kier molecular flexibility index (Phi) is 5.37. The maximum atomic E-state index is 12.9. The third-order valence-corrected chi connectivity index (χ3v) is 5.36. The minimum Gasteiger partial charge on any atom is -0.273 e. The number of amides is 1. The zero-order chi connectivity index (χ0) is 21.0. The number of rotatable bonds is 8. The molecule has 0 saturated heterocycles. The minimum atomic E-state index is -0.311. The molecule has 0 radical (unpaired) electrons. The largest absolute Gasteiger partial charge is 0.275 e. The molecule has 1 N–H and O–H groups in total. The molecule has 31 heavy (non-hydrogen) atoms. The van der Waals surface area contributed by atoms with Crippen molar-refractivity contribution in [2.75, 3.05) is 6.61 Å². The Balaban J connectivity index is 1.49. The third kappa shape index (κ3) is 4.44. The van der Waals surface area contributed by atoms with Crippen molar-refractivity contribution < 1.29 is 9.63 Å². The lowest BCUT2D eigenvalue weighted by atomic mass is 10.1. The highest BCUT2D eigenvalue weighted by atomic mass is 16.6. The van der Waals surface area contributed by atoms with Gasteiger partial charge in [-0.3, -0.25) is 19.6 Å². The highest BCUT2D eigenvalue weighted by molar-refractivity contribution is 6.06. The van der Waals surface area contributed by atoms with E-state index in [1.165, 1.54) is 12.8 Å². The van der Waals surface area contributed by atoms with E-state index in [2.05, 4.69) is 20.5 Å². The zero-order valence-electron chi connectivity index (χ0n) is 16.9. The van der Waals surface area contributed by atoms with Gasteiger partial charge in [-0.05, 0) is 42.2 Å². The Bertz CT molecular complexity index is 1190. The normalized spacial score (nSPS) is 13.4. The van der Waals surface area contributed by atoms with Gasteiger partial charge >= 0.3 is 0 Å². The molecule has 0 atom stereocenters. The highest BCUT2D eigenvalue weighted by Gasteiger charge is 2.21. The van der Waals surface area contributed by atoms with Crippen LogP contribution in [0.25, 0.3) is 22.3 Å². The molecular weight excluding hydrogens is 392 g/mol.